The topological polar surface area (TPSA) is 17.8 Å². The largest absolute Gasteiger partial charge is 0.271 e. The van der Waals surface area contributed by atoms with Crippen molar-refractivity contribution in [2.45, 2.75) is 26.2 Å². The fourth-order valence-corrected chi connectivity index (χ4v) is 3.68. The van der Waals surface area contributed by atoms with Gasteiger partial charge in [-0.2, -0.15) is 5.10 Å². The molecule has 0 spiro atoms. The Bertz CT molecular complexity index is 610. The third kappa shape index (κ3) is 4.02. The maximum absolute atomic E-state index is 6.25. The Kier molecular flexibility index (Phi) is 6.15. The second kappa shape index (κ2) is 7.66. The number of halogens is 3. The molecule has 114 valence electrons. The summed E-state index contributed by atoms with van der Waals surface area (Å²) in [5, 5.41) is 5.35. The summed E-state index contributed by atoms with van der Waals surface area (Å²) in [6.07, 6.45) is 2.69. The van der Waals surface area contributed by atoms with Gasteiger partial charge in [0.1, 0.15) is 0 Å². The lowest BCUT2D eigenvalue weighted by Gasteiger charge is -2.15. The fraction of sp³-hybridized carbons (Fsp3) is 0.438. The molecule has 2 aromatic rings. The Balaban J connectivity index is 2.16. The molecule has 0 aliphatic rings. The second-order valence-electron chi connectivity index (χ2n) is 5.20. The summed E-state index contributed by atoms with van der Waals surface area (Å²) in [5.41, 5.74) is 3.45. The third-order valence-electron chi connectivity index (χ3n) is 3.67. The van der Waals surface area contributed by atoms with Gasteiger partial charge in [0.05, 0.1) is 15.9 Å². The lowest BCUT2D eigenvalue weighted by atomic mass is 9.96. The standard InChI is InChI=1S/C16H19BrCl2N2/c1-3-14-16(17)15(21(2)20-14)9-11(10-18)8-12-6-4-5-7-13(12)19/h4-7,11H,3,8-10H2,1-2H3. The van der Waals surface area contributed by atoms with E-state index >= 15 is 0 Å². The first kappa shape index (κ1) is 16.9. The minimum absolute atomic E-state index is 0.336. The number of aryl methyl sites for hydroxylation is 2. The number of aromatic nitrogens is 2. The number of hydrogen-bond donors (Lipinski definition) is 0. The molecular weight excluding hydrogens is 371 g/mol. The first-order valence-corrected chi connectivity index (χ1v) is 8.77. The molecule has 2 nitrogen and oxygen atoms in total. The Hall–Kier alpha value is -0.510. The zero-order valence-corrected chi connectivity index (χ0v) is 15.3. The van der Waals surface area contributed by atoms with E-state index in [1.54, 1.807) is 0 Å². The van der Waals surface area contributed by atoms with Crippen molar-refractivity contribution in [1.29, 1.82) is 0 Å². The highest BCUT2D eigenvalue weighted by atomic mass is 79.9. The summed E-state index contributed by atoms with van der Waals surface area (Å²) in [7, 11) is 1.99. The van der Waals surface area contributed by atoms with Crippen LogP contribution in [0.15, 0.2) is 28.7 Å². The van der Waals surface area contributed by atoms with Crippen LogP contribution in [0.5, 0.6) is 0 Å². The van der Waals surface area contributed by atoms with Crippen LogP contribution in [0, 0.1) is 5.92 Å². The molecule has 0 saturated carbocycles. The third-order valence-corrected chi connectivity index (χ3v) is 5.39. The van der Waals surface area contributed by atoms with Crippen LogP contribution in [0.3, 0.4) is 0 Å². The molecule has 0 fully saturated rings. The van der Waals surface area contributed by atoms with E-state index in [2.05, 4.69) is 34.0 Å². The normalized spacial score (nSPS) is 12.6. The molecule has 1 heterocycles. The SMILES string of the molecule is CCc1nn(C)c(CC(CCl)Cc2ccccc2Cl)c1Br. The van der Waals surface area contributed by atoms with E-state index in [9.17, 15) is 0 Å². The van der Waals surface area contributed by atoms with E-state index in [1.807, 2.05) is 29.9 Å². The maximum atomic E-state index is 6.25. The molecule has 0 amide bonds. The lowest BCUT2D eigenvalue weighted by Crippen LogP contribution is -2.13. The molecule has 5 heteroatoms. The lowest BCUT2D eigenvalue weighted by molar-refractivity contribution is 0.550. The molecule has 0 saturated heterocycles. The van der Waals surface area contributed by atoms with Crippen LogP contribution in [-0.2, 0) is 26.3 Å². The first-order valence-electron chi connectivity index (χ1n) is 7.06. The molecule has 1 atom stereocenters. The Morgan fingerprint density at radius 2 is 2.00 bits per heavy atom. The minimum Gasteiger partial charge on any atom is -0.271 e. The van der Waals surface area contributed by atoms with Gasteiger partial charge in [-0.05, 0) is 52.7 Å². The zero-order chi connectivity index (χ0) is 15.4. The molecule has 0 bridgehead atoms. The van der Waals surface area contributed by atoms with Crippen molar-refractivity contribution in [2.24, 2.45) is 13.0 Å². The van der Waals surface area contributed by atoms with Crippen LogP contribution in [0.4, 0.5) is 0 Å². The van der Waals surface area contributed by atoms with Gasteiger partial charge in [0.25, 0.3) is 0 Å². The van der Waals surface area contributed by atoms with Crippen LogP contribution in [0.25, 0.3) is 0 Å². The van der Waals surface area contributed by atoms with Crippen molar-refractivity contribution in [3.05, 3.63) is 50.7 Å². The van der Waals surface area contributed by atoms with Crippen molar-refractivity contribution in [1.82, 2.24) is 9.78 Å². The summed E-state index contributed by atoms with van der Waals surface area (Å²) in [6, 6.07) is 7.96. The Morgan fingerprint density at radius 3 is 2.57 bits per heavy atom. The second-order valence-corrected chi connectivity index (χ2v) is 6.71. The van der Waals surface area contributed by atoms with Gasteiger partial charge in [-0.25, -0.2) is 0 Å². The molecule has 1 aromatic carbocycles. The molecule has 21 heavy (non-hydrogen) atoms. The highest BCUT2D eigenvalue weighted by Gasteiger charge is 2.18. The fourth-order valence-electron chi connectivity index (χ4n) is 2.47. The first-order chi connectivity index (χ1) is 10.1. The average molecular weight is 390 g/mol. The monoisotopic (exact) mass is 388 g/mol. The molecular formula is C16H19BrCl2N2. The van der Waals surface area contributed by atoms with Gasteiger partial charge in [-0.15, -0.1) is 11.6 Å². The van der Waals surface area contributed by atoms with Gasteiger partial charge in [0.2, 0.25) is 0 Å². The van der Waals surface area contributed by atoms with Crippen molar-refractivity contribution >= 4 is 39.1 Å². The van der Waals surface area contributed by atoms with Gasteiger partial charge < -0.3 is 0 Å². The Labute approximate surface area is 144 Å². The van der Waals surface area contributed by atoms with Crippen molar-refractivity contribution in [3.63, 3.8) is 0 Å². The van der Waals surface area contributed by atoms with Crippen LogP contribution in [0.1, 0.15) is 23.9 Å². The summed E-state index contributed by atoms with van der Waals surface area (Å²) >= 11 is 16.1. The zero-order valence-electron chi connectivity index (χ0n) is 12.2. The van der Waals surface area contributed by atoms with E-state index in [0.717, 1.165) is 40.0 Å². The van der Waals surface area contributed by atoms with Gasteiger partial charge in [-0.3, -0.25) is 4.68 Å². The van der Waals surface area contributed by atoms with E-state index < -0.39 is 0 Å². The predicted octanol–water partition coefficient (Wildman–Crippen LogP) is 5.04. The molecule has 0 N–H and O–H groups in total. The predicted molar refractivity (Wildman–Crippen MR) is 93.4 cm³/mol. The van der Waals surface area contributed by atoms with Crippen molar-refractivity contribution in [2.75, 3.05) is 5.88 Å². The average Bonchev–Trinajstić information content (AvgIpc) is 2.75. The molecule has 1 unspecified atom stereocenters. The minimum atomic E-state index is 0.336. The Morgan fingerprint density at radius 1 is 1.29 bits per heavy atom. The molecule has 2 rings (SSSR count). The number of hydrogen-bond acceptors (Lipinski definition) is 1. The smallest absolute Gasteiger partial charge is 0.0766 e. The summed E-state index contributed by atoms with van der Waals surface area (Å²) in [4.78, 5) is 0. The van der Waals surface area contributed by atoms with E-state index in [4.69, 9.17) is 23.2 Å². The molecule has 0 aliphatic carbocycles. The van der Waals surface area contributed by atoms with Gasteiger partial charge in [0, 0.05) is 18.0 Å². The summed E-state index contributed by atoms with van der Waals surface area (Å²) in [6.45, 7) is 2.11. The highest BCUT2D eigenvalue weighted by molar-refractivity contribution is 9.10. The van der Waals surface area contributed by atoms with Gasteiger partial charge >= 0.3 is 0 Å². The van der Waals surface area contributed by atoms with E-state index in [1.165, 1.54) is 5.69 Å². The van der Waals surface area contributed by atoms with Crippen LogP contribution < -0.4 is 0 Å². The van der Waals surface area contributed by atoms with Crippen molar-refractivity contribution < 1.29 is 0 Å². The highest BCUT2D eigenvalue weighted by Crippen LogP contribution is 2.27. The molecule has 0 aliphatic heterocycles. The van der Waals surface area contributed by atoms with Crippen LogP contribution in [0.2, 0.25) is 5.02 Å². The molecule has 1 aromatic heterocycles. The quantitative estimate of drug-likeness (QED) is 0.633. The van der Waals surface area contributed by atoms with Crippen LogP contribution >= 0.6 is 39.1 Å². The van der Waals surface area contributed by atoms with Crippen LogP contribution in [-0.4, -0.2) is 15.7 Å². The van der Waals surface area contributed by atoms with Gasteiger partial charge in [0.15, 0.2) is 0 Å². The molecule has 0 radical (unpaired) electrons. The van der Waals surface area contributed by atoms with Gasteiger partial charge in [-0.1, -0.05) is 36.7 Å². The number of nitrogens with zero attached hydrogens (tertiary/aromatic N) is 2. The number of rotatable bonds is 6. The maximum Gasteiger partial charge on any atom is 0.0766 e. The number of alkyl halides is 1. The van der Waals surface area contributed by atoms with Crippen molar-refractivity contribution in [3.8, 4) is 0 Å². The van der Waals surface area contributed by atoms with E-state index in [0.29, 0.717) is 11.8 Å². The number of benzene rings is 1. The summed E-state index contributed by atoms with van der Waals surface area (Å²) < 4.78 is 3.07. The summed E-state index contributed by atoms with van der Waals surface area (Å²) in [5.74, 6) is 0.938. The van der Waals surface area contributed by atoms with E-state index in [-0.39, 0.29) is 0 Å².